The molecule has 0 aromatic heterocycles. The second kappa shape index (κ2) is 8.24. The zero-order valence-corrected chi connectivity index (χ0v) is 18.6. The Labute approximate surface area is 194 Å². The molecule has 0 saturated carbocycles. The summed E-state index contributed by atoms with van der Waals surface area (Å²) in [7, 11) is 0. The average molecular weight is 470 g/mol. The summed E-state index contributed by atoms with van der Waals surface area (Å²) in [6.07, 6.45) is 1.44. The molecule has 2 aliphatic rings. The lowest BCUT2D eigenvalue weighted by atomic mass is 9.98. The first kappa shape index (κ1) is 21.0. The van der Waals surface area contributed by atoms with Gasteiger partial charge in [-0.15, -0.1) is 0 Å². The van der Waals surface area contributed by atoms with E-state index in [0.717, 1.165) is 16.7 Å². The van der Waals surface area contributed by atoms with Crippen LogP contribution in [0.1, 0.15) is 32.6 Å². The van der Waals surface area contributed by atoms with Gasteiger partial charge in [-0.25, -0.2) is 4.39 Å². The van der Waals surface area contributed by atoms with Crippen LogP contribution in [0.15, 0.2) is 54.3 Å². The highest BCUT2D eigenvalue weighted by molar-refractivity contribution is 6.35. The number of hydrogen-bond donors (Lipinski definition) is 0. The van der Waals surface area contributed by atoms with Crippen molar-refractivity contribution in [2.24, 2.45) is 0 Å². The van der Waals surface area contributed by atoms with Crippen molar-refractivity contribution in [2.75, 3.05) is 6.73 Å². The number of allylic oxidation sites excluding steroid dienone is 1. The van der Waals surface area contributed by atoms with E-state index >= 15 is 0 Å². The molecule has 4 nitrogen and oxygen atoms in total. The Hall–Kier alpha value is -2.86. The normalized spacial score (nSPS) is 16.5. The van der Waals surface area contributed by atoms with Crippen LogP contribution in [-0.2, 0) is 13.1 Å². The van der Waals surface area contributed by atoms with Crippen LogP contribution < -0.4 is 9.47 Å². The van der Waals surface area contributed by atoms with E-state index < -0.39 is 5.82 Å². The molecule has 0 aliphatic carbocycles. The van der Waals surface area contributed by atoms with Crippen molar-refractivity contribution in [3.05, 3.63) is 98.0 Å². The predicted molar refractivity (Wildman–Crippen MR) is 122 cm³/mol. The fourth-order valence-electron chi connectivity index (χ4n) is 4.00. The van der Waals surface area contributed by atoms with Crippen molar-refractivity contribution in [2.45, 2.75) is 20.0 Å². The highest BCUT2D eigenvalue weighted by Gasteiger charge is 2.35. The molecular formula is C25H18Cl2FNO3. The Bertz CT molecular complexity index is 1290. The molecule has 0 amide bonds. The number of carbonyl (C=O) groups excluding carboxylic acids is 1. The first-order chi connectivity index (χ1) is 15.4. The third-order valence-corrected chi connectivity index (χ3v) is 6.18. The maximum atomic E-state index is 14.1. The molecule has 0 N–H and O–H groups in total. The fourth-order valence-corrected chi connectivity index (χ4v) is 4.47. The minimum atomic E-state index is -0.416. The van der Waals surface area contributed by atoms with Crippen LogP contribution in [-0.4, -0.2) is 17.4 Å². The molecular weight excluding hydrogens is 452 g/mol. The molecule has 32 heavy (non-hydrogen) atoms. The zero-order valence-electron chi connectivity index (χ0n) is 17.1. The van der Waals surface area contributed by atoms with Crippen LogP contribution >= 0.6 is 23.2 Å². The van der Waals surface area contributed by atoms with Gasteiger partial charge in [0.15, 0.2) is 5.76 Å². The highest BCUT2D eigenvalue weighted by Crippen LogP contribution is 2.44. The largest absolute Gasteiger partial charge is 0.478 e. The Morgan fingerprint density at radius 2 is 1.97 bits per heavy atom. The molecule has 0 fully saturated rings. The third-order valence-electron chi connectivity index (χ3n) is 5.59. The number of ether oxygens (including phenoxy) is 2. The number of benzene rings is 3. The number of Topliss-reactive ketones (excluding diaryl/α,β-unsaturated/α-hetero) is 1. The molecule has 162 valence electrons. The molecule has 0 radical (unpaired) electrons. The minimum absolute atomic E-state index is 0.0967. The Morgan fingerprint density at radius 1 is 1.16 bits per heavy atom. The number of aryl methyl sites for hydroxylation is 1. The summed E-state index contributed by atoms with van der Waals surface area (Å²) >= 11 is 12.3. The molecule has 2 heterocycles. The predicted octanol–water partition coefficient (Wildman–Crippen LogP) is 6.41. The molecule has 0 unspecified atom stereocenters. The summed E-state index contributed by atoms with van der Waals surface area (Å²) in [5.41, 5.74) is 3.25. The van der Waals surface area contributed by atoms with Crippen molar-refractivity contribution < 1.29 is 18.7 Å². The number of fused-ring (bicyclic) bond motifs is 3. The van der Waals surface area contributed by atoms with Gasteiger partial charge in [0.25, 0.3) is 0 Å². The first-order valence-electron chi connectivity index (χ1n) is 10.0. The van der Waals surface area contributed by atoms with Crippen LogP contribution in [0.2, 0.25) is 10.0 Å². The quantitative estimate of drug-likeness (QED) is 0.415. The van der Waals surface area contributed by atoms with E-state index in [9.17, 15) is 9.18 Å². The van der Waals surface area contributed by atoms with Crippen molar-refractivity contribution in [3.8, 4) is 11.5 Å². The lowest BCUT2D eigenvalue weighted by molar-refractivity contribution is 0.0872. The SMILES string of the molecule is Cc1cc2c(c3c1C(=O)/C(=C/c1ccccc1F)O3)CN(Cc1ccc(Cl)cc1Cl)CO2. The van der Waals surface area contributed by atoms with E-state index in [1.54, 1.807) is 30.3 Å². The van der Waals surface area contributed by atoms with Crippen LogP contribution in [0.4, 0.5) is 4.39 Å². The van der Waals surface area contributed by atoms with Gasteiger partial charge in [0, 0.05) is 28.7 Å². The number of nitrogens with zero attached hydrogens (tertiary/aromatic N) is 1. The van der Waals surface area contributed by atoms with Crippen molar-refractivity contribution in [1.29, 1.82) is 0 Å². The molecule has 0 spiro atoms. The monoisotopic (exact) mass is 469 g/mol. The maximum Gasteiger partial charge on any atom is 0.232 e. The number of ketones is 1. The van der Waals surface area contributed by atoms with E-state index in [4.69, 9.17) is 32.7 Å². The number of rotatable bonds is 3. The van der Waals surface area contributed by atoms with Gasteiger partial charge >= 0.3 is 0 Å². The summed E-state index contributed by atoms with van der Waals surface area (Å²) in [6, 6.07) is 13.5. The number of halogens is 3. The van der Waals surface area contributed by atoms with E-state index in [1.807, 2.05) is 19.1 Å². The zero-order chi connectivity index (χ0) is 22.4. The lowest BCUT2D eigenvalue weighted by Crippen LogP contribution is -2.32. The molecule has 3 aromatic rings. The third kappa shape index (κ3) is 3.77. The second-order valence-corrected chi connectivity index (χ2v) is 8.68. The molecule has 0 saturated heterocycles. The van der Waals surface area contributed by atoms with Gasteiger partial charge < -0.3 is 9.47 Å². The lowest BCUT2D eigenvalue weighted by Gasteiger charge is -2.30. The summed E-state index contributed by atoms with van der Waals surface area (Å²) in [5.74, 6) is 0.570. The molecule has 5 rings (SSSR count). The van der Waals surface area contributed by atoms with Crippen LogP contribution in [0.5, 0.6) is 11.5 Å². The van der Waals surface area contributed by atoms with Crippen molar-refractivity contribution in [3.63, 3.8) is 0 Å². The van der Waals surface area contributed by atoms with Crippen molar-refractivity contribution >= 4 is 35.1 Å². The maximum absolute atomic E-state index is 14.1. The highest BCUT2D eigenvalue weighted by atomic mass is 35.5. The van der Waals surface area contributed by atoms with E-state index in [1.165, 1.54) is 12.1 Å². The first-order valence-corrected chi connectivity index (χ1v) is 10.8. The average Bonchev–Trinajstić information content (AvgIpc) is 3.09. The summed E-state index contributed by atoms with van der Waals surface area (Å²) in [4.78, 5) is 15.1. The summed E-state index contributed by atoms with van der Waals surface area (Å²) in [6.45, 7) is 3.27. The topological polar surface area (TPSA) is 38.8 Å². The van der Waals surface area contributed by atoms with Gasteiger partial charge in [-0.2, -0.15) is 0 Å². The Kier molecular flexibility index (Phi) is 5.41. The molecule has 3 aromatic carbocycles. The summed E-state index contributed by atoms with van der Waals surface area (Å²) < 4.78 is 26.1. The molecule has 0 bridgehead atoms. The van der Waals surface area contributed by atoms with Gasteiger partial charge in [0.2, 0.25) is 5.78 Å². The van der Waals surface area contributed by atoms with Gasteiger partial charge in [-0.05, 0) is 48.4 Å². The summed E-state index contributed by atoms with van der Waals surface area (Å²) in [5, 5.41) is 1.16. The molecule has 2 aliphatic heterocycles. The van der Waals surface area contributed by atoms with E-state index in [0.29, 0.717) is 52.5 Å². The number of carbonyl (C=O) groups is 1. The second-order valence-electron chi connectivity index (χ2n) is 7.83. The van der Waals surface area contributed by atoms with Gasteiger partial charge in [-0.1, -0.05) is 47.5 Å². The Balaban J connectivity index is 1.47. The van der Waals surface area contributed by atoms with Gasteiger partial charge in [-0.3, -0.25) is 9.69 Å². The smallest absolute Gasteiger partial charge is 0.232 e. The molecule has 7 heteroatoms. The standard InChI is InChI=1S/C25H18Cl2FNO3/c1-14-8-21-18(12-29(13-31-21)11-16-6-7-17(26)10-19(16)27)25-23(14)24(30)22(32-25)9-15-4-2-3-5-20(15)28/h2-10H,11-13H2,1H3/b22-9-. The van der Waals surface area contributed by atoms with Crippen molar-refractivity contribution in [1.82, 2.24) is 4.90 Å². The van der Waals surface area contributed by atoms with Crippen LogP contribution in [0.3, 0.4) is 0 Å². The number of hydrogen-bond acceptors (Lipinski definition) is 4. The van der Waals surface area contributed by atoms with Gasteiger partial charge in [0.05, 0.1) is 11.1 Å². The van der Waals surface area contributed by atoms with E-state index in [-0.39, 0.29) is 11.5 Å². The van der Waals surface area contributed by atoms with Crippen LogP contribution in [0.25, 0.3) is 6.08 Å². The fraction of sp³-hybridized carbons (Fsp3) is 0.160. The molecule has 0 atom stereocenters. The van der Waals surface area contributed by atoms with E-state index in [2.05, 4.69) is 4.90 Å². The van der Waals surface area contributed by atoms with Crippen LogP contribution in [0, 0.1) is 12.7 Å². The minimum Gasteiger partial charge on any atom is -0.478 e. The van der Waals surface area contributed by atoms with Gasteiger partial charge in [0.1, 0.15) is 24.0 Å². The Morgan fingerprint density at radius 3 is 2.75 bits per heavy atom.